The Morgan fingerprint density at radius 2 is 0.776 bits per heavy atom. The number of hydrogen-bond donors (Lipinski definition) is 0. The minimum absolute atomic E-state index is 0.0641. The van der Waals surface area contributed by atoms with E-state index in [1.165, 1.54) is 122 Å². The average Bonchev–Trinajstić information content (AvgIpc) is 3.22. The Morgan fingerprint density at radius 3 is 1.29 bits per heavy atom. The first-order valence-corrected chi connectivity index (χ1v) is 24.8. The number of hydrogen-bond acceptors (Lipinski definition) is 5. The fourth-order valence-electron chi connectivity index (χ4n) is 6.81. The summed E-state index contributed by atoms with van der Waals surface area (Å²) in [6, 6.07) is 0. The van der Waals surface area contributed by atoms with Crippen molar-refractivity contribution in [2.75, 3.05) is 19.8 Å². The summed E-state index contributed by atoms with van der Waals surface area (Å²) in [6.45, 7) is 7.65. The van der Waals surface area contributed by atoms with Crippen molar-refractivity contribution in [2.24, 2.45) is 0 Å². The van der Waals surface area contributed by atoms with Gasteiger partial charge >= 0.3 is 11.9 Å². The van der Waals surface area contributed by atoms with Gasteiger partial charge in [-0.15, -0.1) is 0 Å². The SMILES string of the molecule is CC/C=C\C/C=C\C/C=C\CCCCCC(=O)OCC(COCCCCCCCC/C=C\CCCCCCCC)OC(=O)CCCCCCC/C=C\CCCCCC. The third-order valence-electron chi connectivity index (χ3n) is 10.5. The van der Waals surface area contributed by atoms with Crippen LogP contribution < -0.4 is 0 Å². The van der Waals surface area contributed by atoms with Crippen molar-refractivity contribution in [3.63, 3.8) is 0 Å². The highest BCUT2D eigenvalue weighted by molar-refractivity contribution is 5.70. The summed E-state index contributed by atoms with van der Waals surface area (Å²) < 4.78 is 17.3. The summed E-state index contributed by atoms with van der Waals surface area (Å²) in [5, 5.41) is 0. The lowest BCUT2D eigenvalue weighted by Crippen LogP contribution is -2.30. The summed E-state index contributed by atoms with van der Waals surface area (Å²) in [5.74, 6) is -0.441. The Kier molecular flexibility index (Phi) is 46.9. The molecule has 0 aliphatic rings. The zero-order chi connectivity index (χ0) is 42.1. The second-order valence-corrected chi connectivity index (χ2v) is 16.3. The number of rotatable bonds is 45. The van der Waals surface area contributed by atoms with E-state index in [2.05, 4.69) is 81.5 Å². The number of carbonyl (C=O) groups excluding carboxylic acids is 2. The highest BCUT2D eigenvalue weighted by atomic mass is 16.6. The standard InChI is InChI=1S/C53H94O5/c1-4-7-10-13-16-19-22-25-26-27-30-33-36-39-42-45-48-56-49-51(58-53(55)47-44-41-38-35-32-29-24-21-18-15-12-9-6-3)50-57-52(54)46-43-40-37-34-31-28-23-20-17-14-11-8-5-2/h8,11,17,20-21,24-26,28,31,51H,4-7,9-10,12-16,18-19,22-23,27,29-30,32-50H2,1-3H3/b11-8-,20-17-,24-21-,26-25-,31-28-. The second-order valence-electron chi connectivity index (χ2n) is 16.3. The zero-order valence-corrected chi connectivity index (χ0v) is 38.6. The van der Waals surface area contributed by atoms with Crippen LogP contribution in [-0.2, 0) is 23.8 Å². The minimum atomic E-state index is -0.554. The van der Waals surface area contributed by atoms with E-state index in [4.69, 9.17) is 14.2 Å². The molecule has 5 nitrogen and oxygen atoms in total. The maximum atomic E-state index is 12.8. The van der Waals surface area contributed by atoms with E-state index in [1.54, 1.807) is 0 Å². The molecule has 5 heteroatoms. The van der Waals surface area contributed by atoms with Crippen molar-refractivity contribution in [3.8, 4) is 0 Å². The van der Waals surface area contributed by atoms with E-state index in [0.29, 0.717) is 19.4 Å². The van der Waals surface area contributed by atoms with Gasteiger partial charge in [-0.25, -0.2) is 0 Å². The van der Waals surface area contributed by atoms with Crippen molar-refractivity contribution in [1.82, 2.24) is 0 Å². The molecule has 0 heterocycles. The summed E-state index contributed by atoms with van der Waals surface area (Å²) in [6.07, 6.45) is 60.8. The lowest BCUT2D eigenvalue weighted by atomic mass is 10.1. The van der Waals surface area contributed by atoms with Gasteiger partial charge in [0.25, 0.3) is 0 Å². The maximum absolute atomic E-state index is 12.8. The van der Waals surface area contributed by atoms with Crippen LogP contribution in [0, 0.1) is 0 Å². The van der Waals surface area contributed by atoms with E-state index in [9.17, 15) is 9.59 Å². The maximum Gasteiger partial charge on any atom is 0.306 e. The fourth-order valence-corrected chi connectivity index (χ4v) is 6.81. The summed E-state index contributed by atoms with van der Waals surface area (Å²) in [4.78, 5) is 25.3. The van der Waals surface area contributed by atoms with E-state index in [-0.39, 0.29) is 25.2 Å². The van der Waals surface area contributed by atoms with Gasteiger partial charge in [0, 0.05) is 19.4 Å². The summed E-state index contributed by atoms with van der Waals surface area (Å²) in [5.41, 5.74) is 0. The Morgan fingerprint density at radius 1 is 0.397 bits per heavy atom. The molecule has 0 N–H and O–H groups in total. The van der Waals surface area contributed by atoms with Crippen LogP contribution >= 0.6 is 0 Å². The van der Waals surface area contributed by atoms with Crippen LogP contribution in [0.5, 0.6) is 0 Å². The summed E-state index contributed by atoms with van der Waals surface area (Å²) >= 11 is 0. The molecule has 0 saturated carbocycles. The molecule has 1 unspecified atom stereocenters. The molecule has 0 aliphatic heterocycles. The first-order valence-electron chi connectivity index (χ1n) is 24.8. The molecule has 0 aliphatic carbocycles. The van der Waals surface area contributed by atoms with Crippen LogP contribution in [0.1, 0.15) is 239 Å². The molecule has 0 fully saturated rings. The largest absolute Gasteiger partial charge is 0.462 e. The van der Waals surface area contributed by atoms with Crippen LogP contribution in [0.25, 0.3) is 0 Å². The third kappa shape index (κ3) is 46.3. The molecule has 0 radical (unpaired) electrons. The quantitative estimate of drug-likeness (QED) is 0.0348. The van der Waals surface area contributed by atoms with Gasteiger partial charge in [-0.2, -0.15) is 0 Å². The Bertz CT molecular complexity index is 1010. The molecular weight excluding hydrogens is 717 g/mol. The third-order valence-corrected chi connectivity index (χ3v) is 10.5. The van der Waals surface area contributed by atoms with Crippen molar-refractivity contribution < 1.29 is 23.8 Å². The molecule has 0 aromatic rings. The molecule has 0 bridgehead atoms. The molecule has 0 amide bonds. The molecule has 0 saturated heterocycles. The molecule has 336 valence electrons. The van der Waals surface area contributed by atoms with Crippen molar-refractivity contribution in [1.29, 1.82) is 0 Å². The van der Waals surface area contributed by atoms with Gasteiger partial charge in [-0.3, -0.25) is 9.59 Å². The zero-order valence-electron chi connectivity index (χ0n) is 38.6. The van der Waals surface area contributed by atoms with E-state index >= 15 is 0 Å². The smallest absolute Gasteiger partial charge is 0.306 e. The number of carbonyl (C=O) groups is 2. The van der Waals surface area contributed by atoms with E-state index in [0.717, 1.165) is 83.5 Å². The van der Waals surface area contributed by atoms with E-state index < -0.39 is 6.10 Å². The number of allylic oxidation sites excluding steroid dienone is 10. The first-order chi connectivity index (χ1) is 28.6. The number of esters is 2. The number of unbranched alkanes of at least 4 members (excludes halogenated alkanes) is 24. The van der Waals surface area contributed by atoms with Gasteiger partial charge < -0.3 is 14.2 Å². The number of ether oxygens (including phenoxy) is 3. The molecule has 0 aromatic heterocycles. The Labute approximate surface area is 360 Å². The lowest BCUT2D eigenvalue weighted by molar-refractivity contribution is -0.163. The highest BCUT2D eigenvalue weighted by Gasteiger charge is 2.17. The van der Waals surface area contributed by atoms with Crippen LogP contribution in [0.15, 0.2) is 60.8 Å². The van der Waals surface area contributed by atoms with Gasteiger partial charge in [0.2, 0.25) is 0 Å². The molecule has 0 aromatic carbocycles. The van der Waals surface area contributed by atoms with Crippen molar-refractivity contribution >= 4 is 11.9 Å². The van der Waals surface area contributed by atoms with Gasteiger partial charge in [0.15, 0.2) is 6.10 Å². The molecule has 0 spiro atoms. The highest BCUT2D eigenvalue weighted by Crippen LogP contribution is 2.13. The van der Waals surface area contributed by atoms with Gasteiger partial charge in [0.05, 0.1) is 6.61 Å². The second kappa shape index (κ2) is 49.0. The summed E-state index contributed by atoms with van der Waals surface area (Å²) in [7, 11) is 0. The molecule has 1 atom stereocenters. The molecular formula is C53H94O5. The monoisotopic (exact) mass is 811 g/mol. The van der Waals surface area contributed by atoms with Gasteiger partial charge in [-0.05, 0) is 103 Å². The lowest BCUT2D eigenvalue weighted by Gasteiger charge is -2.18. The van der Waals surface area contributed by atoms with Gasteiger partial charge in [0.1, 0.15) is 6.61 Å². The predicted octanol–water partition coefficient (Wildman–Crippen LogP) is 16.6. The predicted molar refractivity (Wildman–Crippen MR) is 251 cm³/mol. The average molecular weight is 811 g/mol. The first kappa shape index (κ1) is 55.6. The normalized spacial score (nSPS) is 12.7. The van der Waals surface area contributed by atoms with E-state index in [1.807, 2.05) is 0 Å². The molecule has 58 heavy (non-hydrogen) atoms. The Hall–Kier alpha value is -2.40. The van der Waals surface area contributed by atoms with Crippen LogP contribution in [-0.4, -0.2) is 37.9 Å². The Balaban J connectivity index is 4.31. The van der Waals surface area contributed by atoms with Crippen LogP contribution in [0.2, 0.25) is 0 Å². The van der Waals surface area contributed by atoms with Crippen LogP contribution in [0.3, 0.4) is 0 Å². The van der Waals surface area contributed by atoms with Gasteiger partial charge in [-0.1, -0.05) is 184 Å². The minimum Gasteiger partial charge on any atom is -0.462 e. The fraction of sp³-hybridized carbons (Fsp3) is 0.774. The molecule has 0 rings (SSSR count). The van der Waals surface area contributed by atoms with Crippen LogP contribution in [0.4, 0.5) is 0 Å². The topological polar surface area (TPSA) is 61.8 Å². The van der Waals surface area contributed by atoms with Crippen molar-refractivity contribution in [2.45, 2.75) is 245 Å². The van der Waals surface area contributed by atoms with Crippen molar-refractivity contribution in [3.05, 3.63) is 60.8 Å².